The molecule has 0 radical (unpaired) electrons. The molecule has 2 fully saturated rings. The molecule has 2 aromatic rings. The molecule has 0 saturated heterocycles. The molecule has 4 nitrogen and oxygen atoms in total. The van der Waals surface area contributed by atoms with Crippen molar-refractivity contribution in [2.24, 2.45) is 16.7 Å². The predicted octanol–water partition coefficient (Wildman–Crippen LogP) is 5.47. The Hall–Kier alpha value is -2.33. The van der Waals surface area contributed by atoms with Crippen molar-refractivity contribution in [1.82, 2.24) is 0 Å². The van der Waals surface area contributed by atoms with Crippen LogP contribution < -0.4 is 10.1 Å². The van der Waals surface area contributed by atoms with E-state index in [1.807, 2.05) is 44.2 Å². The number of nitrogens with one attached hydrogen (secondary N) is 1. The number of hydrogen-bond acceptors (Lipinski definition) is 3. The molecule has 5 heteroatoms. The standard InChI is InChI=1S/C22H22ClNO3/c1-21(2)14-10-11-22(21,19(25)12-14)20(26)24-17-13-15(23)8-9-18(17)27-16-6-4-3-5-7-16/h3-9,13-14H,10-12H2,1-2H3,(H,24,26). The quantitative estimate of drug-likeness (QED) is 0.712. The molecule has 0 heterocycles. The first-order valence-electron chi connectivity index (χ1n) is 9.22. The third kappa shape index (κ3) is 2.74. The van der Waals surface area contributed by atoms with Gasteiger partial charge in [0.15, 0.2) is 5.75 Å². The molecule has 0 aromatic heterocycles. The molecule has 140 valence electrons. The molecule has 2 atom stereocenters. The van der Waals surface area contributed by atoms with Gasteiger partial charge in [-0.15, -0.1) is 0 Å². The van der Waals surface area contributed by atoms with Gasteiger partial charge in [-0.25, -0.2) is 0 Å². The fourth-order valence-electron chi connectivity index (χ4n) is 4.74. The number of para-hydroxylation sites is 1. The van der Waals surface area contributed by atoms with Crippen LogP contribution >= 0.6 is 11.6 Å². The fraction of sp³-hybridized carbons (Fsp3) is 0.364. The number of hydrogen-bond donors (Lipinski definition) is 1. The molecule has 2 saturated carbocycles. The van der Waals surface area contributed by atoms with E-state index in [4.69, 9.17) is 16.3 Å². The highest BCUT2D eigenvalue weighted by Crippen LogP contribution is 2.64. The molecule has 0 spiro atoms. The minimum atomic E-state index is -0.968. The third-order valence-corrected chi connectivity index (χ3v) is 6.68. The van der Waals surface area contributed by atoms with E-state index in [0.717, 1.165) is 6.42 Å². The minimum absolute atomic E-state index is 0.0498. The lowest BCUT2D eigenvalue weighted by atomic mass is 9.68. The van der Waals surface area contributed by atoms with E-state index in [1.54, 1.807) is 18.2 Å². The van der Waals surface area contributed by atoms with Gasteiger partial charge in [-0.1, -0.05) is 43.6 Å². The number of amides is 1. The summed E-state index contributed by atoms with van der Waals surface area (Å²) >= 11 is 6.15. The van der Waals surface area contributed by atoms with Crippen LogP contribution in [0.4, 0.5) is 5.69 Å². The summed E-state index contributed by atoms with van der Waals surface area (Å²) in [4.78, 5) is 26.0. The van der Waals surface area contributed by atoms with E-state index in [9.17, 15) is 9.59 Å². The maximum absolute atomic E-state index is 13.3. The van der Waals surface area contributed by atoms with Gasteiger partial charge >= 0.3 is 0 Å². The van der Waals surface area contributed by atoms with Gasteiger partial charge in [0.2, 0.25) is 5.91 Å². The first-order chi connectivity index (χ1) is 12.8. The van der Waals surface area contributed by atoms with Crippen molar-refractivity contribution in [3.05, 3.63) is 53.6 Å². The minimum Gasteiger partial charge on any atom is -0.455 e. The summed E-state index contributed by atoms with van der Waals surface area (Å²) in [7, 11) is 0. The molecule has 2 bridgehead atoms. The maximum Gasteiger partial charge on any atom is 0.238 e. The summed E-state index contributed by atoms with van der Waals surface area (Å²) in [6.07, 6.45) is 2.00. The highest BCUT2D eigenvalue weighted by molar-refractivity contribution is 6.31. The molecule has 27 heavy (non-hydrogen) atoms. The first kappa shape index (κ1) is 18.1. The lowest BCUT2D eigenvalue weighted by molar-refractivity contribution is -0.141. The Labute approximate surface area is 163 Å². The largest absolute Gasteiger partial charge is 0.455 e. The Kier molecular flexibility index (Phi) is 4.26. The number of carbonyl (C=O) groups excluding carboxylic acids is 2. The van der Waals surface area contributed by atoms with E-state index in [2.05, 4.69) is 5.32 Å². The molecule has 1 amide bonds. The van der Waals surface area contributed by atoms with Crippen LogP contribution in [0.2, 0.25) is 5.02 Å². The summed E-state index contributed by atoms with van der Waals surface area (Å²) in [5.74, 6) is 1.22. The normalized spacial score (nSPS) is 25.4. The Morgan fingerprint density at radius 2 is 1.93 bits per heavy atom. The SMILES string of the molecule is CC1(C)C2CCC1(C(=O)Nc1cc(Cl)ccc1Oc1ccccc1)C(=O)C2. The second-order valence-corrected chi connectivity index (χ2v) is 8.44. The highest BCUT2D eigenvalue weighted by atomic mass is 35.5. The summed E-state index contributed by atoms with van der Waals surface area (Å²) in [6, 6.07) is 14.4. The molecule has 2 aliphatic rings. The molecule has 1 N–H and O–H groups in total. The molecule has 2 aromatic carbocycles. The lowest BCUT2D eigenvalue weighted by Gasteiger charge is -2.35. The van der Waals surface area contributed by atoms with E-state index in [1.165, 1.54) is 0 Å². The number of halogens is 1. The fourth-order valence-corrected chi connectivity index (χ4v) is 4.91. The average molecular weight is 384 g/mol. The van der Waals surface area contributed by atoms with E-state index in [-0.39, 0.29) is 23.0 Å². The summed E-state index contributed by atoms with van der Waals surface area (Å²) < 4.78 is 5.93. The number of rotatable bonds is 4. The Balaban J connectivity index is 1.66. The second-order valence-electron chi connectivity index (χ2n) is 8.00. The van der Waals surface area contributed by atoms with Crippen molar-refractivity contribution in [3.63, 3.8) is 0 Å². The number of ether oxygens (including phenoxy) is 1. The van der Waals surface area contributed by atoms with Crippen molar-refractivity contribution >= 4 is 29.0 Å². The lowest BCUT2D eigenvalue weighted by Crippen LogP contribution is -2.46. The third-order valence-electron chi connectivity index (χ3n) is 6.44. The number of Topliss-reactive ketones (excluding diaryl/α,β-unsaturated/α-hetero) is 1. The van der Waals surface area contributed by atoms with Crippen LogP contribution in [0.3, 0.4) is 0 Å². The van der Waals surface area contributed by atoms with Gasteiger partial charge in [0.25, 0.3) is 0 Å². The van der Waals surface area contributed by atoms with Gasteiger partial charge in [-0.2, -0.15) is 0 Å². The number of benzene rings is 2. The van der Waals surface area contributed by atoms with Gasteiger partial charge in [0.1, 0.15) is 16.9 Å². The van der Waals surface area contributed by atoms with E-state index >= 15 is 0 Å². The van der Waals surface area contributed by atoms with E-state index < -0.39 is 5.41 Å². The Morgan fingerprint density at radius 3 is 2.56 bits per heavy atom. The average Bonchev–Trinajstić information content (AvgIpc) is 3.00. The van der Waals surface area contributed by atoms with E-state index in [0.29, 0.717) is 35.1 Å². The molecule has 0 aliphatic heterocycles. The van der Waals surface area contributed by atoms with Crippen molar-refractivity contribution in [2.45, 2.75) is 33.1 Å². The van der Waals surface area contributed by atoms with Gasteiger partial charge < -0.3 is 10.1 Å². The first-order valence-corrected chi connectivity index (χ1v) is 9.59. The van der Waals surface area contributed by atoms with Crippen LogP contribution in [-0.2, 0) is 9.59 Å². The van der Waals surface area contributed by atoms with Crippen LogP contribution in [0.25, 0.3) is 0 Å². The van der Waals surface area contributed by atoms with Gasteiger partial charge in [0.05, 0.1) is 5.69 Å². The van der Waals surface area contributed by atoms with Crippen molar-refractivity contribution in [3.8, 4) is 11.5 Å². The summed E-state index contributed by atoms with van der Waals surface area (Å²) in [6.45, 7) is 4.07. The van der Waals surface area contributed by atoms with Gasteiger partial charge in [-0.05, 0) is 54.5 Å². The topological polar surface area (TPSA) is 55.4 Å². The Bertz CT molecular complexity index is 909. The zero-order valence-electron chi connectivity index (χ0n) is 15.4. The second kappa shape index (κ2) is 6.38. The van der Waals surface area contributed by atoms with Gasteiger partial charge in [-0.3, -0.25) is 9.59 Å². The summed E-state index contributed by atoms with van der Waals surface area (Å²) in [5, 5.41) is 3.44. The molecule has 2 aliphatic carbocycles. The Morgan fingerprint density at radius 1 is 1.19 bits per heavy atom. The number of ketones is 1. The monoisotopic (exact) mass is 383 g/mol. The smallest absolute Gasteiger partial charge is 0.238 e. The summed E-state index contributed by atoms with van der Waals surface area (Å²) in [5.41, 5.74) is -0.832. The maximum atomic E-state index is 13.3. The van der Waals surface area contributed by atoms with Crippen molar-refractivity contribution < 1.29 is 14.3 Å². The van der Waals surface area contributed by atoms with Crippen LogP contribution in [-0.4, -0.2) is 11.7 Å². The number of anilines is 1. The molecule has 2 unspecified atom stereocenters. The van der Waals surface area contributed by atoms with Crippen LogP contribution in [0.15, 0.2) is 48.5 Å². The molecule has 4 rings (SSSR count). The van der Waals surface area contributed by atoms with Crippen LogP contribution in [0, 0.1) is 16.7 Å². The number of fused-ring (bicyclic) bond motifs is 2. The zero-order chi connectivity index (χ0) is 19.2. The van der Waals surface area contributed by atoms with Gasteiger partial charge in [0, 0.05) is 11.4 Å². The molecular weight excluding hydrogens is 362 g/mol. The highest BCUT2D eigenvalue weighted by Gasteiger charge is 2.68. The molecular formula is C22H22ClNO3. The predicted molar refractivity (Wildman–Crippen MR) is 105 cm³/mol. The van der Waals surface area contributed by atoms with Crippen LogP contribution in [0.1, 0.15) is 33.1 Å². The number of carbonyl (C=O) groups is 2. The van der Waals surface area contributed by atoms with Crippen molar-refractivity contribution in [2.75, 3.05) is 5.32 Å². The van der Waals surface area contributed by atoms with Crippen LogP contribution in [0.5, 0.6) is 11.5 Å². The van der Waals surface area contributed by atoms with Crippen molar-refractivity contribution in [1.29, 1.82) is 0 Å². The zero-order valence-corrected chi connectivity index (χ0v) is 16.2.